The Balaban J connectivity index is 1.93. The first kappa shape index (κ1) is 23.5. The quantitative estimate of drug-likeness (QED) is 0.542. The zero-order valence-electron chi connectivity index (χ0n) is 18.8. The zero-order chi connectivity index (χ0) is 23.3. The van der Waals surface area contributed by atoms with E-state index in [-0.39, 0.29) is 11.4 Å². The van der Waals surface area contributed by atoms with Gasteiger partial charge in [-0.3, -0.25) is 9.10 Å². The van der Waals surface area contributed by atoms with Crippen molar-refractivity contribution in [3.8, 4) is 0 Å². The fourth-order valence-electron chi connectivity index (χ4n) is 3.27. The predicted octanol–water partition coefficient (Wildman–Crippen LogP) is 4.59. The summed E-state index contributed by atoms with van der Waals surface area (Å²) in [5.74, 6) is -0.437. The van der Waals surface area contributed by atoms with Crippen molar-refractivity contribution in [3.63, 3.8) is 0 Å². The molecule has 0 saturated carbocycles. The average Bonchev–Trinajstić information content (AvgIpc) is 2.75. The van der Waals surface area contributed by atoms with Gasteiger partial charge in [-0.05, 0) is 73.9 Å². The van der Waals surface area contributed by atoms with Crippen LogP contribution < -0.4 is 9.62 Å². The third-order valence-corrected chi connectivity index (χ3v) is 6.98. The molecule has 0 bridgehead atoms. The Labute approximate surface area is 189 Å². The molecule has 6 nitrogen and oxygen atoms in total. The van der Waals surface area contributed by atoms with Crippen LogP contribution >= 0.6 is 0 Å². The van der Waals surface area contributed by atoms with Crippen molar-refractivity contribution < 1.29 is 17.9 Å². The highest BCUT2D eigenvalue weighted by molar-refractivity contribution is 7.92. The zero-order valence-corrected chi connectivity index (χ0v) is 19.6. The number of aryl methyl sites for hydroxylation is 3. The van der Waals surface area contributed by atoms with E-state index in [2.05, 4.69) is 5.32 Å². The molecule has 0 heterocycles. The molecule has 32 heavy (non-hydrogen) atoms. The molecular weight excluding hydrogens is 424 g/mol. The van der Waals surface area contributed by atoms with Gasteiger partial charge in [0.25, 0.3) is 10.0 Å². The number of ether oxygens (including phenoxy) is 1. The summed E-state index contributed by atoms with van der Waals surface area (Å²) in [5, 5.41) is 2.80. The molecule has 0 atom stereocenters. The molecule has 0 fully saturated rings. The molecule has 7 heteroatoms. The van der Waals surface area contributed by atoms with Crippen molar-refractivity contribution in [1.29, 1.82) is 0 Å². The summed E-state index contributed by atoms with van der Waals surface area (Å²) in [6.45, 7) is 5.82. The number of sulfonamides is 1. The minimum Gasteiger partial charge on any atom is -0.380 e. The Hall–Kier alpha value is -3.16. The summed E-state index contributed by atoms with van der Waals surface area (Å²) < 4.78 is 33.3. The molecular formula is C25H28N2O4S. The minimum absolute atomic E-state index is 0.135. The van der Waals surface area contributed by atoms with Crippen molar-refractivity contribution in [3.05, 3.63) is 89.0 Å². The molecule has 1 N–H and O–H groups in total. The SMILES string of the molecule is COCc1cccc(NC(=O)CN(c2ccc(C)c(C)c2)S(=O)(=O)c2ccc(C)cc2)c1. The van der Waals surface area contributed by atoms with Crippen molar-refractivity contribution in [2.45, 2.75) is 32.3 Å². The average molecular weight is 453 g/mol. The Morgan fingerprint density at radius 1 is 0.938 bits per heavy atom. The second-order valence-electron chi connectivity index (χ2n) is 7.77. The number of methoxy groups -OCH3 is 1. The molecule has 3 aromatic carbocycles. The summed E-state index contributed by atoms with van der Waals surface area (Å²) in [6.07, 6.45) is 0. The van der Waals surface area contributed by atoms with Crippen molar-refractivity contribution in [1.82, 2.24) is 0 Å². The highest BCUT2D eigenvalue weighted by Crippen LogP contribution is 2.26. The van der Waals surface area contributed by atoms with Gasteiger partial charge < -0.3 is 10.1 Å². The summed E-state index contributed by atoms with van der Waals surface area (Å²) >= 11 is 0. The highest BCUT2D eigenvalue weighted by atomic mass is 32.2. The van der Waals surface area contributed by atoms with Crippen molar-refractivity contribution >= 4 is 27.3 Å². The van der Waals surface area contributed by atoms with E-state index in [9.17, 15) is 13.2 Å². The van der Waals surface area contributed by atoms with Crippen LogP contribution in [0.25, 0.3) is 0 Å². The molecule has 0 unspecified atom stereocenters. The lowest BCUT2D eigenvalue weighted by Crippen LogP contribution is -2.38. The summed E-state index contributed by atoms with van der Waals surface area (Å²) in [7, 11) is -2.35. The maximum absolute atomic E-state index is 13.5. The van der Waals surface area contributed by atoms with Gasteiger partial charge in [0, 0.05) is 12.8 Å². The minimum atomic E-state index is -3.95. The Morgan fingerprint density at radius 2 is 1.66 bits per heavy atom. The van der Waals surface area contributed by atoms with Gasteiger partial charge in [-0.1, -0.05) is 35.9 Å². The van der Waals surface area contributed by atoms with E-state index in [4.69, 9.17) is 4.74 Å². The van der Waals surface area contributed by atoms with Gasteiger partial charge in [0.15, 0.2) is 0 Å². The topological polar surface area (TPSA) is 75.7 Å². The third kappa shape index (κ3) is 5.55. The van der Waals surface area contributed by atoms with Gasteiger partial charge in [-0.15, -0.1) is 0 Å². The number of amides is 1. The van der Waals surface area contributed by atoms with Crippen molar-refractivity contribution in [2.24, 2.45) is 0 Å². The summed E-state index contributed by atoms with van der Waals surface area (Å²) in [5.41, 5.74) is 4.87. The first-order valence-corrected chi connectivity index (χ1v) is 11.7. The number of nitrogens with zero attached hydrogens (tertiary/aromatic N) is 1. The Morgan fingerprint density at radius 3 is 2.31 bits per heavy atom. The molecule has 3 rings (SSSR count). The third-order valence-electron chi connectivity index (χ3n) is 5.20. The fourth-order valence-corrected chi connectivity index (χ4v) is 4.68. The Kier molecular flexibility index (Phi) is 7.33. The van der Waals surface area contributed by atoms with Gasteiger partial charge in [0.05, 0.1) is 17.2 Å². The first-order valence-electron chi connectivity index (χ1n) is 10.2. The van der Waals surface area contributed by atoms with Crippen LogP contribution in [0, 0.1) is 20.8 Å². The van der Waals surface area contributed by atoms with E-state index >= 15 is 0 Å². The van der Waals surface area contributed by atoms with Gasteiger partial charge in [-0.2, -0.15) is 0 Å². The number of anilines is 2. The lowest BCUT2D eigenvalue weighted by atomic mass is 10.1. The number of hydrogen-bond acceptors (Lipinski definition) is 4. The predicted molar refractivity (Wildman–Crippen MR) is 127 cm³/mol. The van der Waals surface area contributed by atoms with E-state index in [0.717, 1.165) is 26.6 Å². The lowest BCUT2D eigenvalue weighted by Gasteiger charge is -2.25. The number of benzene rings is 3. The summed E-state index contributed by atoms with van der Waals surface area (Å²) in [6, 6.07) is 19.2. The molecule has 0 spiro atoms. The second-order valence-corrected chi connectivity index (χ2v) is 9.64. The number of carbonyl (C=O) groups is 1. The molecule has 0 aromatic heterocycles. The molecule has 3 aromatic rings. The molecule has 0 aliphatic heterocycles. The lowest BCUT2D eigenvalue weighted by molar-refractivity contribution is -0.114. The molecule has 0 saturated heterocycles. The molecule has 0 radical (unpaired) electrons. The number of hydrogen-bond donors (Lipinski definition) is 1. The van der Waals surface area contributed by atoms with Crippen LogP contribution in [0.5, 0.6) is 0 Å². The monoisotopic (exact) mass is 452 g/mol. The number of rotatable bonds is 8. The molecule has 0 aliphatic carbocycles. The van der Waals surface area contributed by atoms with Crippen LogP contribution in [-0.4, -0.2) is 28.0 Å². The second kappa shape index (κ2) is 9.97. The first-order chi connectivity index (χ1) is 15.2. The van der Waals surface area contributed by atoms with Crippen LogP contribution in [0.15, 0.2) is 71.6 Å². The van der Waals surface area contributed by atoms with E-state index in [1.807, 2.05) is 39.0 Å². The van der Waals surface area contributed by atoms with E-state index < -0.39 is 15.9 Å². The maximum Gasteiger partial charge on any atom is 0.264 e. The molecule has 0 aliphatic rings. The Bertz CT molecular complexity index is 1200. The van der Waals surface area contributed by atoms with E-state index in [0.29, 0.717) is 18.0 Å². The van der Waals surface area contributed by atoms with Crippen LogP contribution in [0.2, 0.25) is 0 Å². The van der Waals surface area contributed by atoms with Crippen molar-refractivity contribution in [2.75, 3.05) is 23.3 Å². The normalized spacial score (nSPS) is 11.2. The number of nitrogens with one attached hydrogen (secondary N) is 1. The fraction of sp³-hybridized carbons (Fsp3) is 0.240. The molecule has 1 amide bonds. The largest absolute Gasteiger partial charge is 0.380 e. The number of carbonyl (C=O) groups excluding carboxylic acids is 1. The van der Waals surface area contributed by atoms with Crippen LogP contribution in [0.3, 0.4) is 0 Å². The van der Waals surface area contributed by atoms with Gasteiger partial charge in [0.2, 0.25) is 5.91 Å². The van der Waals surface area contributed by atoms with Gasteiger partial charge in [0.1, 0.15) is 6.54 Å². The maximum atomic E-state index is 13.5. The smallest absolute Gasteiger partial charge is 0.264 e. The van der Waals surface area contributed by atoms with E-state index in [1.54, 1.807) is 55.6 Å². The van der Waals surface area contributed by atoms with E-state index in [1.165, 1.54) is 0 Å². The van der Waals surface area contributed by atoms with Gasteiger partial charge >= 0.3 is 0 Å². The highest BCUT2D eigenvalue weighted by Gasteiger charge is 2.27. The van der Waals surface area contributed by atoms with Crippen LogP contribution in [0.4, 0.5) is 11.4 Å². The van der Waals surface area contributed by atoms with Crippen LogP contribution in [-0.2, 0) is 26.2 Å². The summed E-state index contributed by atoms with van der Waals surface area (Å²) in [4.78, 5) is 13.0. The molecule has 168 valence electrons. The van der Waals surface area contributed by atoms with Crippen LogP contribution in [0.1, 0.15) is 22.3 Å². The standard InChI is InChI=1S/C25H28N2O4S/c1-18-8-12-24(13-9-18)32(29,30)27(23-11-10-19(2)20(3)14-23)16-25(28)26-22-7-5-6-21(15-22)17-31-4/h5-15H,16-17H2,1-4H3,(H,26,28). The van der Waals surface area contributed by atoms with Gasteiger partial charge in [-0.25, -0.2) is 8.42 Å².